The molecule has 0 atom stereocenters. The number of halogens is 1. The van der Waals surface area contributed by atoms with Gasteiger partial charge in [-0.3, -0.25) is 4.99 Å². The summed E-state index contributed by atoms with van der Waals surface area (Å²) in [6.07, 6.45) is 2.24. The van der Waals surface area contributed by atoms with E-state index in [1.165, 1.54) is 6.26 Å². The summed E-state index contributed by atoms with van der Waals surface area (Å²) in [5.41, 5.74) is 2.80. The third-order valence-corrected chi connectivity index (χ3v) is 5.95. The van der Waals surface area contributed by atoms with Crippen LogP contribution >= 0.6 is 24.0 Å². The second kappa shape index (κ2) is 12.9. The molecular weight excluding hydrogens is 525 g/mol. The Morgan fingerprint density at radius 1 is 1.10 bits per heavy atom. The van der Waals surface area contributed by atoms with Crippen molar-refractivity contribution in [1.82, 2.24) is 10.6 Å². The first-order valence-corrected chi connectivity index (χ1v) is 12.0. The van der Waals surface area contributed by atoms with Crippen molar-refractivity contribution in [2.24, 2.45) is 10.9 Å². The molecule has 0 aliphatic heterocycles. The number of nitrogens with zero attached hydrogens (tertiary/aromatic N) is 1. The van der Waals surface area contributed by atoms with Crippen LogP contribution in [0.3, 0.4) is 0 Å². The highest BCUT2D eigenvalue weighted by molar-refractivity contribution is 14.0. The highest BCUT2D eigenvalue weighted by Gasteiger charge is 2.11. The molecule has 0 radical (unpaired) electrons. The van der Waals surface area contributed by atoms with Gasteiger partial charge < -0.3 is 15.4 Å². The molecule has 2 aromatic rings. The molecule has 2 aromatic carbocycles. The van der Waals surface area contributed by atoms with Gasteiger partial charge in [-0.05, 0) is 42.5 Å². The van der Waals surface area contributed by atoms with Crippen LogP contribution in [0.25, 0.3) is 0 Å². The Kier molecular flexibility index (Phi) is 11.3. The maximum absolute atomic E-state index is 11.8. The van der Waals surface area contributed by atoms with Crippen LogP contribution in [0, 0.1) is 12.8 Å². The first-order chi connectivity index (χ1) is 14.2. The van der Waals surface area contributed by atoms with E-state index in [0.29, 0.717) is 36.5 Å². The highest BCUT2D eigenvalue weighted by Crippen LogP contribution is 2.19. The highest BCUT2D eigenvalue weighted by atomic mass is 127. The van der Waals surface area contributed by atoms with Crippen molar-refractivity contribution >= 4 is 39.8 Å². The standard InChI is InChI=1S/C23H33N3O3S.HI/c1-17(2)12-13-29-21-9-7-6-8-20(21)16-26-23(24-4)25-15-19-10-11-22(18(3)14-19)30(5,27)28;/h6-11,14,17H,12-13,15-16H2,1-5H3,(H2,24,25,26);1H. The predicted octanol–water partition coefficient (Wildman–Crippen LogP) is 4.31. The molecule has 31 heavy (non-hydrogen) atoms. The third kappa shape index (κ3) is 9.06. The Morgan fingerprint density at radius 3 is 2.39 bits per heavy atom. The largest absolute Gasteiger partial charge is 0.493 e. The van der Waals surface area contributed by atoms with E-state index in [4.69, 9.17) is 4.74 Å². The Labute approximate surface area is 203 Å². The number of nitrogens with one attached hydrogen (secondary N) is 2. The summed E-state index contributed by atoms with van der Waals surface area (Å²) in [6, 6.07) is 13.4. The van der Waals surface area contributed by atoms with Crippen LogP contribution in [0.15, 0.2) is 52.4 Å². The normalized spacial score (nSPS) is 11.7. The van der Waals surface area contributed by atoms with E-state index in [1.807, 2.05) is 43.3 Å². The summed E-state index contributed by atoms with van der Waals surface area (Å²) < 4.78 is 29.5. The number of hydrogen-bond donors (Lipinski definition) is 2. The van der Waals surface area contributed by atoms with Crippen LogP contribution in [-0.2, 0) is 22.9 Å². The molecule has 0 amide bonds. The zero-order valence-electron chi connectivity index (χ0n) is 18.9. The lowest BCUT2D eigenvalue weighted by atomic mass is 10.1. The number of ether oxygens (including phenoxy) is 1. The van der Waals surface area contributed by atoms with Crippen LogP contribution in [0.4, 0.5) is 0 Å². The number of guanidine groups is 1. The minimum atomic E-state index is -3.21. The molecule has 0 fully saturated rings. The van der Waals surface area contributed by atoms with Gasteiger partial charge in [0.25, 0.3) is 0 Å². The molecule has 0 aliphatic rings. The van der Waals surface area contributed by atoms with Crippen LogP contribution < -0.4 is 15.4 Å². The third-order valence-electron chi connectivity index (χ3n) is 4.69. The lowest BCUT2D eigenvalue weighted by Crippen LogP contribution is -2.36. The Morgan fingerprint density at radius 2 is 1.77 bits per heavy atom. The van der Waals surface area contributed by atoms with Crippen molar-refractivity contribution in [1.29, 1.82) is 0 Å². The molecule has 6 nitrogen and oxygen atoms in total. The van der Waals surface area contributed by atoms with Gasteiger partial charge in [0.15, 0.2) is 15.8 Å². The molecule has 0 bridgehead atoms. The van der Waals surface area contributed by atoms with Crippen molar-refractivity contribution in [3.8, 4) is 5.75 Å². The summed E-state index contributed by atoms with van der Waals surface area (Å²) in [5.74, 6) is 2.15. The van der Waals surface area contributed by atoms with Crippen molar-refractivity contribution in [3.63, 3.8) is 0 Å². The summed E-state index contributed by atoms with van der Waals surface area (Å²) in [7, 11) is -1.49. The van der Waals surface area contributed by atoms with Gasteiger partial charge in [0, 0.05) is 32.0 Å². The van der Waals surface area contributed by atoms with Gasteiger partial charge in [-0.25, -0.2) is 8.42 Å². The molecule has 0 unspecified atom stereocenters. The van der Waals surface area contributed by atoms with Crippen LogP contribution in [-0.4, -0.2) is 34.3 Å². The fraction of sp³-hybridized carbons (Fsp3) is 0.435. The number of rotatable bonds is 9. The van der Waals surface area contributed by atoms with Gasteiger partial charge in [-0.2, -0.15) is 0 Å². The van der Waals surface area contributed by atoms with Crippen molar-refractivity contribution in [2.75, 3.05) is 19.9 Å². The Hall–Kier alpha value is -1.81. The number of aryl methyl sites for hydroxylation is 1. The molecule has 0 saturated heterocycles. The van der Waals surface area contributed by atoms with E-state index in [9.17, 15) is 8.42 Å². The molecule has 172 valence electrons. The van der Waals surface area contributed by atoms with Gasteiger partial charge in [0.05, 0.1) is 11.5 Å². The van der Waals surface area contributed by atoms with Gasteiger partial charge in [-0.1, -0.05) is 44.2 Å². The molecule has 0 heterocycles. The van der Waals surface area contributed by atoms with Crippen LogP contribution in [0.5, 0.6) is 5.75 Å². The van der Waals surface area contributed by atoms with Gasteiger partial charge in [0.2, 0.25) is 0 Å². The van der Waals surface area contributed by atoms with E-state index in [1.54, 1.807) is 13.1 Å². The molecule has 0 aliphatic carbocycles. The minimum Gasteiger partial charge on any atom is -0.493 e. The molecule has 2 rings (SSSR count). The second-order valence-electron chi connectivity index (χ2n) is 7.79. The average molecular weight is 560 g/mol. The van der Waals surface area contributed by atoms with Crippen LogP contribution in [0.1, 0.15) is 37.0 Å². The maximum atomic E-state index is 11.8. The van der Waals surface area contributed by atoms with Crippen LogP contribution in [0.2, 0.25) is 0 Å². The number of aliphatic imine (C=N–C) groups is 1. The van der Waals surface area contributed by atoms with Crippen molar-refractivity contribution in [2.45, 2.75) is 45.2 Å². The average Bonchev–Trinajstić information content (AvgIpc) is 2.68. The topological polar surface area (TPSA) is 79.8 Å². The van der Waals surface area contributed by atoms with Gasteiger partial charge in [0.1, 0.15) is 5.75 Å². The minimum absolute atomic E-state index is 0. The quantitative estimate of drug-likeness (QED) is 0.272. The fourth-order valence-corrected chi connectivity index (χ4v) is 3.98. The zero-order chi connectivity index (χ0) is 22.1. The Balaban J connectivity index is 0.00000480. The predicted molar refractivity (Wildman–Crippen MR) is 138 cm³/mol. The first kappa shape index (κ1) is 27.2. The van der Waals surface area contributed by atoms with E-state index in [2.05, 4.69) is 29.5 Å². The second-order valence-corrected chi connectivity index (χ2v) is 9.77. The number of para-hydroxylation sites is 1. The molecule has 0 spiro atoms. The summed E-state index contributed by atoms with van der Waals surface area (Å²) in [6.45, 7) is 8.00. The first-order valence-electron chi connectivity index (χ1n) is 10.2. The van der Waals surface area contributed by atoms with Gasteiger partial charge in [-0.15, -0.1) is 24.0 Å². The van der Waals surface area contributed by atoms with Gasteiger partial charge >= 0.3 is 0 Å². The summed E-state index contributed by atoms with van der Waals surface area (Å²) >= 11 is 0. The summed E-state index contributed by atoms with van der Waals surface area (Å²) in [4.78, 5) is 4.63. The molecule has 0 aromatic heterocycles. The van der Waals surface area contributed by atoms with Crippen molar-refractivity contribution < 1.29 is 13.2 Å². The van der Waals surface area contributed by atoms with E-state index in [-0.39, 0.29) is 24.0 Å². The SMILES string of the molecule is CN=C(NCc1ccc(S(C)(=O)=O)c(C)c1)NCc1ccccc1OCCC(C)C.I. The van der Waals surface area contributed by atoms with E-state index in [0.717, 1.165) is 28.9 Å². The zero-order valence-corrected chi connectivity index (χ0v) is 22.1. The number of hydrogen-bond acceptors (Lipinski definition) is 4. The lowest BCUT2D eigenvalue weighted by Gasteiger charge is -2.16. The number of benzene rings is 2. The maximum Gasteiger partial charge on any atom is 0.191 e. The molecule has 2 N–H and O–H groups in total. The van der Waals surface area contributed by atoms with E-state index < -0.39 is 9.84 Å². The van der Waals surface area contributed by atoms with E-state index >= 15 is 0 Å². The van der Waals surface area contributed by atoms with Crippen molar-refractivity contribution in [3.05, 3.63) is 59.2 Å². The fourth-order valence-electron chi connectivity index (χ4n) is 3.02. The Bertz CT molecular complexity index is 976. The smallest absolute Gasteiger partial charge is 0.191 e. The summed E-state index contributed by atoms with van der Waals surface area (Å²) in [5, 5.41) is 6.58. The molecular formula is C23H34IN3O3S. The lowest BCUT2D eigenvalue weighted by molar-refractivity contribution is 0.286. The molecule has 8 heteroatoms. The monoisotopic (exact) mass is 559 g/mol. The number of sulfone groups is 1. The molecule has 0 saturated carbocycles.